The fourth-order valence-corrected chi connectivity index (χ4v) is 5.88. The van der Waals surface area contributed by atoms with Gasteiger partial charge >= 0.3 is 12.1 Å². The van der Waals surface area contributed by atoms with E-state index in [9.17, 15) is 18.0 Å². The molecule has 0 fully saturated rings. The summed E-state index contributed by atoms with van der Waals surface area (Å²) in [7, 11) is -2.91. The van der Waals surface area contributed by atoms with Crippen molar-refractivity contribution in [2.75, 3.05) is 0 Å². The SMILES string of the molecule is CCc1ccc(S(OC(=O)C(F)(F)F)(c2ccccc2)c2ccccc2)cc1. The summed E-state index contributed by atoms with van der Waals surface area (Å²) in [6.07, 6.45) is -4.30. The lowest BCUT2D eigenvalue weighted by molar-refractivity contribution is -0.188. The summed E-state index contributed by atoms with van der Waals surface area (Å²) < 4.78 is 44.9. The van der Waals surface area contributed by atoms with Crippen molar-refractivity contribution in [3.8, 4) is 0 Å². The molecule has 146 valence electrons. The van der Waals surface area contributed by atoms with Crippen LogP contribution >= 0.6 is 10.3 Å². The smallest absolute Gasteiger partial charge is 0.395 e. The molecule has 0 aliphatic carbocycles. The predicted molar refractivity (Wildman–Crippen MR) is 103 cm³/mol. The summed E-state index contributed by atoms with van der Waals surface area (Å²) >= 11 is 0. The average molecular weight is 404 g/mol. The third-order valence-corrected chi connectivity index (χ3v) is 7.46. The maximum absolute atomic E-state index is 13.2. The Morgan fingerprint density at radius 3 is 1.61 bits per heavy atom. The summed E-state index contributed by atoms with van der Waals surface area (Å²) in [6, 6.07) is 24.4. The zero-order chi connectivity index (χ0) is 20.2. The van der Waals surface area contributed by atoms with Crippen LogP contribution in [0.1, 0.15) is 12.5 Å². The van der Waals surface area contributed by atoms with Crippen LogP contribution in [-0.4, -0.2) is 12.1 Å². The predicted octanol–water partition coefficient (Wildman–Crippen LogP) is 6.55. The number of hydrogen-bond donors (Lipinski definition) is 0. The maximum atomic E-state index is 13.2. The van der Waals surface area contributed by atoms with Gasteiger partial charge in [0.25, 0.3) is 0 Å². The first-order valence-electron chi connectivity index (χ1n) is 8.71. The molecule has 28 heavy (non-hydrogen) atoms. The number of hydrogen-bond acceptors (Lipinski definition) is 2. The van der Waals surface area contributed by atoms with Crippen molar-refractivity contribution >= 4 is 16.3 Å². The van der Waals surface area contributed by atoms with Gasteiger partial charge in [0.05, 0.1) is 0 Å². The summed E-state index contributed by atoms with van der Waals surface area (Å²) in [6.45, 7) is 1.99. The van der Waals surface area contributed by atoms with Crippen LogP contribution < -0.4 is 0 Å². The highest BCUT2D eigenvalue weighted by atomic mass is 32.3. The number of halogens is 3. The summed E-state index contributed by atoms with van der Waals surface area (Å²) in [5, 5.41) is 0. The highest BCUT2D eigenvalue weighted by molar-refractivity contribution is 8.30. The molecule has 0 aliphatic heterocycles. The van der Waals surface area contributed by atoms with E-state index in [2.05, 4.69) is 0 Å². The summed E-state index contributed by atoms with van der Waals surface area (Å²) in [5.74, 6) is -2.20. The van der Waals surface area contributed by atoms with E-state index >= 15 is 0 Å². The van der Waals surface area contributed by atoms with Gasteiger partial charge in [0.2, 0.25) is 0 Å². The molecule has 3 aromatic rings. The Morgan fingerprint density at radius 1 is 0.786 bits per heavy atom. The maximum Gasteiger partial charge on any atom is 0.491 e. The molecule has 0 aliphatic rings. The first-order chi connectivity index (χ1) is 13.4. The van der Waals surface area contributed by atoms with Crippen LogP contribution in [0.25, 0.3) is 0 Å². The van der Waals surface area contributed by atoms with Crippen molar-refractivity contribution in [2.45, 2.75) is 34.2 Å². The van der Waals surface area contributed by atoms with E-state index in [0.717, 1.165) is 12.0 Å². The van der Waals surface area contributed by atoms with Gasteiger partial charge in [-0.25, -0.2) is 4.79 Å². The Labute approximate surface area is 163 Å². The first-order valence-corrected chi connectivity index (χ1v) is 10.3. The first kappa shape index (κ1) is 20.0. The standard InChI is InChI=1S/C22H19F3O2S/c1-2-17-13-15-20(16-14-17)28(18-9-5-3-6-10-18,19-11-7-4-8-12-19)27-21(26)22(23,24)25/h3-16H,2H2,1H3. The monoisotopic (exact) mass is 404 g/mol. The second kappa shape index (κ2) is 8.10. The van der Waals surface area contributed by atoms with Gasteiger partial charge in [-0.05, 0) is 58.7 Å². The number of rotatable bonds is 5. The van der Waals surface area contributed by atoms with Crippen LogP contribution in [0.4, 0.5) is 13.2 Å². The van der Waals surface area contributed by atoms with Crippen LogP contribution in [-0.2, 0) is 15.4 Å². The molecule has 3 rings (SSSR count). The van der Waals surface area contributed by atoms with Crippen molar-refractivity contribution < 1.29 is 22.1 Å². The molecular formula is C22H19F3O2S. The molecule has 0 spiro atoms. The second-order valence-corrected chi connectivity index (χ2v) is 8.74. The molecule has 6 heteroatoms. The number of benzene rings is 3. The molecule has 0 saturated carbocycles. The lowest BCUT2D eigenvalue weighted by atomic mass is 10.2. The number of alkyl halides is 3. The zero-order valence-electron chi connectivity index (χ0n) is 15.1. The highest BCUT2D eigenvalue weighted by Crippen LogP contribution is 2.69. The molecule has 0 heterocycles. The van der Waals surface area contributed by atoms with Gasteiger partial charge in [-0.1, -0.05) is 55.5 Å². The van der Waals surface area contributed by atoms with Crippen LogP contribution in [0, 0.1) is 0 Å². The van der Waals surface area contributed by atoms with Gasteiger partial charge in [-0.15, -0.1) is 0 Å². The number of carbonyl (C=O) groups is 1. The van der Waals surface area contributed by atoms with Crippen LogP contribution in [0.15, 0.2) is 99.6 Å². The largest absolute Gasteiger partial charge is 0.491 e. The Kier molecular flexibility index (Phi) is 5.79. The normalized spacial score (nSPS) is 12.4. The van der Waals surface area contributed by atoms with Crippen molar-refractivity contribution in [3.05, 3.63) is 90.5 Å². The zero-order valence-corrected chi connectivity index (χ0v) is 16.0. The lowest BCUT2D eigenvalue weighted by Gasteiger charge is -2.39. The van der Waals surface area contributed by atoms with E-state index in [1.165, 1.54) is 0 Å². The molecule has 0 amide bonds. The Bertz CT molecular complexity index is 884. The number of aryl methyl sites for hydroxylation is 1. The van der Waals surface area contributed by atoms with Crippen molar-refractivity contribution in [1.29, 1.82) is 0 Å². The van der Waals surface area contributed by atoms with Gasteiger partial charge in [-0.2, -0.15) is 13.2 Å². The Morgan fingerprint density at radius 2 is 1.21 bits per heavy atom. The van der Waals surface area contributed by atoms with Crippen LogP contribution in [0.2, 0.25) is 0 Å². The molecule has 3 aromatic carbocycles. The minimum Gasteiger partial charge on any atom is -0.395 e. The topological polar surface area (TPSA) is 26.3 Å². The third-order valence-electron chi connectivity index (χ3n) is 4.25. The lowest BCUT2D eigenvalue weighted by Crippen LogP contribution is -2.27. The van der Waals surface area contributed by atoms with Gasteiger partial charge < -0.3 is 4.18 Å². The van der Waals surface area contributed by atoms with Crippen molar-refractivity contribution in [2.24, 2.45) is 0 Å². The molecule has 0 N–H and O–H groups in total. The van der Waals surface area contributed by atoms with Crippen molar-refractivity contribution in [3.63, 3.8) is 0 Å². The molecular weight excluding hydrogens is 385 g/mol. The Hall–Kier alpha value is -2.73. The minimum absolute atomic E-state index is 0.517. The fourth-order valence-electron chi connectivity index (χ4n) is 2.85. The quantitative estimate of drug-likeness (QED) is 0.482. The molecule has 0 radical (unpaired) electrons. The minimum atomic E-state index is -5.09. The fraction of sp³-hybridized carbons (Fsp3) is 0.136. The summed E-state index contributed by atoms with van der Waals surface area (Å²) in [5.41, 5.74) is 1.04. The Balaban J connectivity index is 2.29. The molecule has 0 unspecified atom stereocenters. The molecule has 0 bridgehead atoms. The van der Waals surface area contributed by atoms with Gasteiger partial charge in [0.1, 0.15) is 0 Å². The van der Waals surface area contributed by atoms with E-state index in [0.29, 0.717) is 14.7 Å². The van der Waals surface area contributed by atoms with E-state index < -0.39 is 22.5 Å². The molecule has 0 aromatic heterocycles. The molecule has 0 atom stereocenters. The van der Waals surface area contributed by atoms with Crippen LogP contribution in [0.3, 0.4) is 0 Å². The molecule has 2 nitrogen and oxygen atoms in total. The molecule has 0 saturated heterocycles. The third kappa shape index (κ3) is 3.92. The van der Waals surface area contributed by atoms with Gasteiger partial charge in [0, 0.05) is 14.7 Å². The second-order valence-electron chi connectivity index (χ2n) is 6.05. The van der Waals surface area contributed by atoms with E-state index in [4.69, 9.17) is 4.18 Å². The van der Waals surface area contributed by atoms with E-state index in [1.54, 1.807) is 72.8 Å². The number of carbonyl (C=O) groups excluding carboxylic acids is 1. The van der Waals surface area contributed by atoms with Gasteiger partial charge in [0.15, 0.2) is 0 Å². The summed E-state index contributed by atoms with van der Waals surface area (Å²) in [4.78, 5) is 13.6. The van der Waals surface area contributed by atoms with E-state index in [1.807, 2.05) is 19.1 Å². The van der Waals surface area contributed by atoms with E-state index in [-0.39, 0.29) is 0 Å². The van der Waals surface area contributed by atoms with Gasteiger partial charge in [-0.3, -0.25) is 0 Å². The average Bonchev–Trinajstić information content (AvgIpc) is 2.72. The highest BCUT2D eigenvalue weighted by Gasteiger charge is 2.47. The van der Waals surface area contributed by atoms with Crippen LogP contribution in [0.5, 0.6) is 0 Å². The van der Waals surface area contributed by atoms with Crippen molar-refractivity contribution in [1.82, 2.24) is 0 Å².